The highest BCUT2D eigenvalue weighted by Crippen LogP contribution is 2.51. The maximum absolute atomic E-state index is 5.56. The van der Waals surface area contributed by atoms with Gasteiger partial charge in [0.05, 0.1) is 49.2 Å². The van der Waals surface area contributed by atoms with Gasteiger partial charge in [0.2, 0.25) is 0 Å². The van der Waals surface area contributed by atoms with E-state index >= 15 is 0 Å². The molecule has 6 aromatic carbocycles. The third kappa shape index (κ3) is 5.26. The monoisotopic (exact) mass is 765 g/mol. The Kier molecular flexibility index (Phi) is 7.16. The number of anilines is 3. The van der Waals surface area contributed by atoms with Crippen LogP contribution in [0.25, 0.3) is 33.4 Å². The van der Waals surface area contributed by atoms with Crippen LogP contribution in [0, 0.1) is 0 Å². The number of hydrogen-bond donors (Lipinski definition) is 0. The average Bonchev–Trinajstić information content (AvgIpc) is 3.84. The van der Waals surface area contributed by atoms with Gasteiger partial charge in [-0.1, -0.05) is 98.8 Å². The van der Waals surface area contributed by atoms with Crippen LogP contribution in [0.3, 0.4) is 0 Å². The second-order valence-electron chi connectivity index (χ2n) is 17.1. The Labute approximate surface area is 324 Å². The molecule has 0 amide bonds. The summed E-state index contributed by atoms with van der Waals surface area (Å²) >= 11 is 0. The molecule has 0 aromatic heterocycles. The van der Waals surface area contributed by atoms with E-state index in [0.717, 1.165) is 65.9 Å². The Bertz CT molecular complexity index is 3060. The third-order valence-electron chi connectivity index (χ3n) is 11.3. The number of benzene rings is 6. The van der Waals surface area contributed by atoms with Crippen molar-refractivity contribution in [2.45, 2.75) is 58.5 Å². The second-order valence-corrected chi connectivity index (χ2v) is 27.4. The summed E-state index contributed by atoms with van der Waals surface area (Å²) in [5.74, 6) is 0. The second kappa shape index (κ2) is 11.5. The lowest BCUT2D eigenvalue weighted by molar-refractivity contribution is 0.660. The molecule has 0 fully saturated rings. The van der Waals surface area contributed by atoms with Gasteiger partial charge in [0.25, 0.3) is 25.2 Å². The Morgan fingerprint density at radius 3 is 1.62 bits per heavy atom. The normalized spacial score (nSPS) is 17.8. The minimum absolute atomic E-state index is 0.103. The molecule has 55 heavy (non-hydrogen) atoms. The van der Waals surface area contributed by atoms with Crippen LogP contribution in [-0.2, 0) is 5.41 Å². The quantitative estimate of drug-likeness (QED) is 0.166. The number of hydrogen-bond acceptors (Lipinski definition) is 7. The summed E-state index contributed by atoms with van der Waals surface area (Å²) < 4.78 is 32.4. The molecule has 270 valence electrons. The van der Waals surface area contributed by atoms with Gasteiger partial charge in [-0.05, 0) is 103 Å². The molecule has 0 saturated carbocycles. The van der Waals surface area contributed by atoms with Crippen LogP contribution >= 0.6 is 0 Å². The summed E-state index contributed by atoms with van der Waals surface area (Å²) in [4.78, 5) is 2.35. The van der Waals surface area contributed by atoms with E-state index in [9.17, 15) is 0 Å². The van der Waals surface area contributed by atoms with Crippen molar-refractivity contribution >= 4 is 42.3 Å². The zero-order valence-electron chi connectivity index (χ0n) is 32.6. The molecular formula is C45H43N7Si3. The maximum Gasteiger partial charge on any atom is 0.298 e. The highest BCUT2D eigenvalue weighted by Gasteiger charge is 2.38. The summed E-state index contributed by atoms with van der Waals surface area (Å²) in [7, 11) is -6.94. The summed E-state index contributed by atoms with van der Waals surface area (Å²) in [5, 5.41) is 5.64. The van der Waals surface area contributed by atoms with Crippen LogP contribution in [0.15, 0.2) is 143 Å². The zero-order chi connectivity index (χ0) is 38.1. The van der Waals surface area contributed by atoms with Crippen molar-refractivity contribution < 1.29 is 0 Å². The fraction of sp³-hybridized carbons (Fsp3) is 0.200. The average molecular weight is 766 g/mol. The third-order valence-corrected chi connectivity index (χ3v) is 15.9. The molecule has 3 heterocycles. The van der Waals surface area contributed by atoms with Crippen LogP contribution in [0.1, 0.15) is 25.0 Å². The van der Waals surface area contributed by atoms with E-state index in [0.29, 0.717) is 0 Å². The fourth-order valence-electron chi connectivity index (χ4n) is 9.02. The molecule has 0 bridgehead atoms. The topological polar surface area (TPSA) is 77.4 Å². The van der Waals surface area contributed by atoms with Crippen molar-refractivity contribution in [3.63, 3.8) is 0 Å². The maximum atomic E-state index is 5.56. The van der Waals surface area contributed by atoms with E-state index in [4.69, 9.17) is 27.9 Å². The molecule has 10 rings (SSSR count). The van der Waals surface area contributed by atoms with E-state index in [1.54, 1.807) is 0 Å². The predicted octanol–water partition coefficient (Wildman–Crippen LogP) is 7.66. The first-order valence-electron chi connectivity index (χ1n) is 19.2. The molecule has 0 spiro atoms. The van der Waals surface area contributed by atoms with Crippen LogP contribution in [0.2, 0.25) is 39.3 Å². The first kappa shape index (κ1) is 34.1. The summed E-state index contributed by atoms with van der Waals surface area (Å²) in [5.41, 5.74) is 12.7. The molecular weight excluding hydrogens is 723 g/mol. The zero-order valence-corrected chi connectivity index (χ0v) is 35.6. The molecule has 6 aromatic rings. The van der Waals surface area contributed by atoms with Gasteiger partial charge in [-0.3, -0.25) is 27.9 Å². The molecule has 10 heteroatoms. The smallest absolute Gasteiger partial charge is 0.298 e. The first-order valence-corrected chi connectivity index (χ1v) is 27.8. The van der Waals surface area contributed by atoms with Gasteiger partial charge in [0, 0.05) is 16.5 Å². The van der Waals surface area contributed by atoms with Crippen LogP contribution < -0.4 is 37.0 Å². The highest BCUT2D eigenvalue weighted by molar-refractivity contribution is 6.75. The van der Waals surface area contributed by atoms with E-state index in [-0.39, 0.29) is 5.41 Å². The molecule has 0 saturated heterocycles. The Morgan fingerprint density at radius 2 is 0.909 bits per heavy atom. The minimum Gasteiger partial charge on any atom is -0.304 e. The van der Waals surface area contributed by atoms with Gasteiger partial charge in [0.15, 0.2) is 0 Å². The lowest BCUT2D eigenvalue weighted by Gasteiger charge is -2.26. The first-order chi connectivity index (χ1) is 26.2. The van der Waals surface area contributed by atoms with Gasteiger partial charge in [0.1, 0.15) is 0 Å². The van der Waals surface area contributed by atoms with Crippen molar-refractivity contribution in [2.75, 3.05) is 4.90 Å². The predicted molar refractivity (Wildman–Crippen MR) is 229 cm³/mol. The van der Waals surface area contributed by atoms with Crippen molar-refractivity contribution in [2.24, 2.45) is 27.9 Å². The summed E-state index contributed by atoms with van der Waals surface area (Å²) in [6.45, 7) is 18.0. The Balaban J connectivity index is 1.29. The van der Waals surface area contributed by atoms with Gasteiger partial charge < -0.3 is 4.90 Å². The number of fused-ring (bicyclic) bond motifs is 6. The van der Waals surface area contributed by atoms with Gasteiger partial charge >= 0.3 is 0 Å². The number of nitrogens with zero attached hydrogens (tertiary/aromatic N) is 7. The van der Waals surface area contributed by atoms with Gasteiger partial charge in [-0.15, -0.1) is 0 Å². The molecule has 7 nitrogen and oxygen atoms in total. The van der Waals surface area contributed by atoms with E-state index < -0.39 is 25.2 Å². The Morgan fingerprint density at radius 1 is 0.400 bits per heavy atom. The van der Waals surface area contributed by atoms with Crippen LogP contribution in [-0.4, -0.2) is 25.2 Å². The summed E-state index contributed by atoms with van der Waals surface area (Å²) in [6, 6.07) is 41.6. The van der Waals surface area contributed by atoms with E-state index in [1.807, 2.05) is 0 Å². The molecule has 0 radical (unpaired) electrons. The lowest BCUT2D eigenvalue weighted by Crippen LogP contribution is -2.38. The highest BCUT2D eigenvalue weighted by atomic mass is 28.4. The van der Waals surface area contributed by atoms with Crippen LogP contribution in [0.4, 0.5) is 17.1 Å². The molecule has 1 aliphatic carbocycles. The lowest BCUT2D eigenvalue weighted by atomic mass is 9.82. The molecule has 3 aliphatic heterocycles. The van der Waals surface area contributed by atoms with Crippen LogP contribution in [0.5, 0.6) is 0 Å². The molecule has 4 aliphatic rings. The van der Waals surface area contributed by atoms with Crippen molar-refractivity contribution in [3.8, 4) is 33.4 Å². The molecule has 0 atom stereocenters. The SMILES string of the molecule is CC1(C)c2ccccc2-c2c(-c3ccc(N(c4cccc5c4=N[Si](C)(C)N=5)c4ccc(-c5ccccc5)c5c4=N[Si](C)(C)N=5)c4c3=N[Si](C)(C)N=4)cccc21. The minimum atomic E-state index is -2.40. The largest absolute Gasteiger partial charge is 0.304 e. The van der Waals surface area contributed by atoms with E-state index in [1.165, 1.54) is 27.8 Å². The number of rotatable bonds is 5. The van der Waals surface area contributed by atoms with Crippen molar-refractivity contribution in [1.29, 1.82) is 0 Å². The van der Waals surface area contributed by atoms with E-state index in [2.05, 4.69) is 173 Å². The van der Waals surface area contributed by atoms with Gasteiger partial charge in [-0.25, -0.2) is 0 Å². The Hall–Kier alpha value is -5.43. The molecule has 0 unspecified atom stereocenters. The van der Waals surface area contributed by atoms with Crippen molar-refractivity contribution in [1.82, 2.24) is 0 Å². The standard InChI is InChI=1S/C45H43N7Si3/c1-45(2)33-20-13-12-18-32(33)39-30(19-14-21-34(39)45)31-25-27-38(44-41(31)48-55(7,8)51-44)52(36-23-15-22-35-42(36)49-53(3,4)46-35)37-26-24-29(28-16-10-9-11-17-28)40-43(37)50-54(5,6)47-40/h9-27H,1-8H3. The van der Waals surface area contributed by atoms with Crippen molar-refractivity contribution in [3.05, 3.63) is 159 Å². The molecule has 0 N–H and O–H groups in total. The summed E-state index contributed by atoms with van der Waals surface area (Å²) in [6.07, 6.45) is 0. The van der Waals surface area contributed by atoms with Gasteiger partial charge in [-0.2, -0.15) is 0 Å². The fourth-order valence-corrected chi connectivity index (χ4v) is 13.8.